The summed E-state index contributed by atoms with van der Waals surface area (Å²) in [4.78, 5) is 16.7. The van der Waals surface area contributed by atoms with E-state index in [1.807, 2.05) is 44.2 Å². The van der Waals surface area contributed by atoms with Crippen molar-refractivity contribution in [2.24, 2.45) is 0 Å². The molecule has 0 aliphatic heterocycles. The van der Waals surface area contributed by atoms with Crippen LogP contribution in [0.25, 0.3) is 5.65 Å². The number of hydrogen-bond acceptors (Lipinski definition) is 4. The fraction of sp³-hybridized carbons (Fsp3) is 0.188. The Morgan fingerprint density at radius 3 is 2.70 bits per heavy atom. The molecule has 118 valence electrons. The fourth-order valence-electron chi connectivity index (χ4n) is 2.18. The monoisotopic (exact) mass is 373 g/mol. The highest BCUT2D eigenvalue weighted by Gasteiger charge is 2.13. The van der Waals surface area contributed by atoms with Gasteiger partial charge in [0.25, 0.3) is 5.91 Å². The van der Waals surface area contributed by atoms with E-state index in [0.717, 1.165) is 10.3 Å². The van der Waals surface area contributed by atoms with Gasteiger partial charge in [-0.05, 0) is 54.0 Å². The van der Waals surface area contributed by atoms with E-state index in [2.05, 4.69) is 36.6 Å². The zero-order valence-electron chi connectivity index (χ0n) is 12.7. The lowest BCUT2D eigenvalue weighted by molar-refractivity contribution is 0.102. The molecule has 3 aromatic rings. The smallest absolute Gasteiger partial charge is 0.259 e. The molecule has 3 rings (SSSR count). The third-order valence-electron chi connectivity index (χ3n) is 3.14. The Morgan fingerprint density at radius 2 is 1.96 bits per heavy atom. The maximum Gasteiger partial charge on any atom is 0.259 e. The number of nitrogens with zero attached hydrogens (tertiary/aromatic N) is 3. The van der Waals surface area contributed by atoms with Crippen molar-refractivity contribution in [3.05, 3.63) is 52.5 Å². The Morgan fingerprint density at radius 1 is 1.17 bits per heavy atom. The number of hydrogen-bond donors (Lipinski definition) is 2. The molecule has 0 unspecified atom stereocenters. The van der Waals surface area contributed by atoms with Gasteiger partial charge >= 0.3 is 0 Å². The molecule has 0 bridgehead atoms. The largest absolute Gasteiger partial charge is 0.368 e. The number of aromatic nitrogens is 3. The summed E-state index contributed by atoms with van der Waals surface area (Å²) in [6.07, 6.45) is 0. The first-order chi connectivity index (χ1) is 11.0. The maximum atomic E-state index is 12.3. The molecule has 0 radical (unpaired) electrons. The highest BCUT2D eigenvalue weighted by atomic mass is 79.9. The SMILES string of the molecule is CC(C)Nc1cccc2nc(NC(=O)c3ccccc3Br)nn12. The third-order valence-corrected chi connectivity index (χ3v) is 3.83. The lowest BCUT2D eigenvalue weighted by atomic mass is 10.2. The fourth-order valence-corrected chi connectivity index (χ4v) is 2.64. The van der Waals surface area contributed by atoms with Crippen molar-refractivity contribution < 1.29 is 4.79 Å². The van der Waals surface area contributed by atoms with E-state index in [-0.39, 0.29) is 17.9 Å². The maximum absolute atomic E-state index is 12.3. The average Bonchev–Trinajstić information content (AvgIpc) is 2.90. The summed E-state index contributed by atoms with van der Waals surface area (Å²) in [5.41, 5.74) is 1.20. The van der Waals surface area contributed by atoms with Gasteiger partial charge in [-0.15, -0.1) is 5.10 Å². The molecule has 7 heteroatoms. The normalized spacial score (nSPS) is 11.0. The van der Waals surface area contributed by atoms with Gasteiger partial charge in [-0.25, -0.2) is 0 Å². The minimum atomic E-state index is -0.258. The van der Waals surface area contributed by atoms with Gasteiger partial charge in [0.1, 0.15) is 5.82 Å². The van der Waals surface area contributed by atoms with Gasteiger partial charge < -0.3 is 5.32 Å². The average molecular weight is 374 g/mol. The van der Waals surface area contributed by atoms with E-state index >= 15 is 0 Å². The van der Waals surface area contributed by atoms with E-state index in [1.54, 1.807) is 16.6 Å². The van der Waals surface area contributed by atoms with E-state index in [1.165, 1.54) is 0 Å². The third kappa shape index (κ3) is 3.34. The molecule has 0 saturated heterocycles. The topological polar surface area (TPSA) is 71.3 Å². The predicted octanol–water partition coefficient (Wildman–Crippen LogP) is 3.56. The first-order valence-corrected chi connectivity index (χ1v) is 8.02. The van der Waals surface area contributed by atoms with Gasteiger partial charge in [0.15, 0.2) is 5.65 Å². The molecule has 0 fully saturated rings. The number of anilines is 2. The first-order valence-electron chi connectivity index (χ1n) is 7.23. The summed E-state index contributed by atoms with van der Waals surface area (Å²) in [7, 11) is 0. The van der Waals surface area contributed by atoms with Gasteiger partial charge in [0.05, 0.1) is 5.56 Å². The molecule has 0 spiro atoms. The highest BCUT2D eigenvalue weighted by Crippen LogP contribution is 2.18. The number of amides is 1. The van der Waals surface area contributed by atoms with E-state index < -0.39 is 0 Å². The Bertz CT molecular complexity index is 859. The van der Waals surface area contributed by atoms with Crippen LogP contribution in [-0.4, -0.2) is 26.5 Å². The second-order valence-corrected chi connectivity index (χ2v) is 6.20. The van der Waals surface area contributed by atoms with Crippen LogP contribution in [0.2, 0.25) is 0 Å². The molecule has 1 amide bonds. The number of nitrogens with one attached hydrogen (secondary N) is 2. The van der Waals surface area contributed by atoms with Gasteiger partial charge in [0.2, 0.25) is 5.95 Å². The van der Waals surface area contributed by atoms with Crippen LogP contribution in [0, 0.1) is 0 Å². The molecule has 0 saturated carbocycles. The van der Waals surface area contributed by atoms with Crippen molar-refractivity contribution in [1.29, 1.82) is 0 Å². The van der Waals surface area contributed by atoms with Crippen LogP contribution in [0.5, 0.6) is 0 Å². The quantitative estimate of drug-likeness (QED) is 0.733. The van der Waals surface area contributed by atoms with E-state index in [9.17, 15) is 4.79 Å². The molecule has 2 N–H and O–H groups in total. The van der Waals surface area contributed by atoms with Crippen molar-refractivity contribution in [3.63, 3.8) is 0 Å². The van der Waals surface area contributed by atoms with Crippen LogP contribution in [0.4, 0.5) is 11.8 Å². The molecular formula is C16H16BrN5O. The molecule has 2 aromatic heterocycles. The summed E-state index contributed by atoms with van der Waals surface area (Å²) < 4.78 is 2.40. The predicted molar refractivity (Wildman–Crippen MR) is 93.8 cm³/mol. The van der Waals surface area contributed by atoms with Gasteiger partial charge in [-0.2, -0.15) is 9.50 Å². The van der Waals surface area contributed by atoms with Crippen LogP contribution in [0.3, 0.4) is 0 Å². The highest BCUT2D eigenvalue weighted by molar-refractivity contribution is 9.10. The second kappa shape index (κ2) is 6.37. The summed E-state index contributed by atoms with van der Waals surface area (Å²) in [5.74, 6) is 0.835. The molecule has 2 heterocycles. The number of rotatable bonds is 4. The first kappa shape index (κ1) is 15.5. The lowest BCUT2D eigenvalue weighted by Crippen LogP contribution is -2.14. The molecule has 0 aliphatic rings. The van der Waals surface area contributed by atoms with Gasteiger partial charge in [-0.3, -0.25) is 10.1 Å². The van der Waals surface area contributed by atoms with Crippen molar-refractivity contribution in [2.75, 3.05) is 10.6 Å². The minimum absolute atomic E-state index is 0.258. The molecule has 0 aliphatic carbocycles. The number of halogens is 1. The van der Waals surface area contributed by atoms with Crippen molar-refractivity contribution >= 4 is 39.3 Å². The zero-order chi connectivity index (χ0) is 16.4. The van der Waals surface area contributed by atoms with Crippen LogP contribution in [-0.2, 0) is 0 Å². The number of carbonyl (C=O) groups is 1. The van der Waals surface area contributed by atoms with Crippen LogP contribution in [0.15, 0.2) is 46.9 Å². The van der Waals surface area contributed by atoms with Crippen molar-refractivity contribution in [1.82, 2.24) is 14.6 Å². The molecule has 6 nitrogen and oxygen atoms in total. The lowest BCUT2D eigenvalue weighted by Gasteiger charge is -2.10. The molecular weight excluding hydrogens is 358 g/mol. The summed E-state index contributed by atoms with van der Waals surface area (Å²) in [6, 6.07) is 13.1. The van der Waals surface area contributed by atoms with Crippen LogP contribution in [0.1, 0.15) is 24.2 Å². The van der Waals surface area contributed by atoms with E-state index in [4.69, 9.17) is 0 Å². The van der Waals surface area contributed by atoms with Crippen molar-refractivity contribution in [3.8, 4) is 0 Å². The number of benzene rings is 1. The Kier molecular flexibility index (Phi) is 4.29. The molecule has 0 atom stereocenters. The summed E-state index contributed by atoms with van der Waals surface area (Å²) in [5, 5.41) is 10.4. The Hall–Kier alpha value is -2.41. The Labute approximate surface area is 142 Å². The van der Waals surface area contributed by atoms with Crippen molar-refractivity contribution in [2.45, 2.75) is 19.9 Å². The van der Waals surface area contributed by atoms with Crippen LogP contribution >= 0.6 is 15.9 Å². The van der Waals surface area contributed by atoms with Crippen LogP contribution < -0.4 is 10.6 Å². The summed E-state index contributed by atoms with van der Waals surface area (Å²) in [6.45, 7) is 4.09. The number of pyridine rings is 1. The summed E-state index contributed by atoms with van der Waals surface area (Å²) >= 11 is 3.37. The van der Waals surface area contributed by atoms with Gasteiger partial charge in [-0.1, -0.05) is 18.2 Å². The second-order valence-electron chi connectivity index (χ2n) is 5.35. The standard InChI is InChI=1S/C16H16BrN5O/c1-10(2)18-13-8-5-9-14-19-16(21-22(13)14)20-15(23)11-6-3-4-7-12(11)17/h3-10,18H,1-2H3,(H,20,21,23). The zero-order valence-corrected chi connectivity index (χ0v) is 14.3. The van der Waals surface area contributed by atoms with Gasteiger partial charge in [0, 0.05) is 10.5 Å². The minimum Gasteiger partial charge on any atom is -0.368 e. The molecule has 23 heavy (non-hydrogen) atoms. The number of fused-ring (bicyclic) bond motifs is 1. The van der Waals surface area contributed by atoms with E-state index in [0.29, 0.717) is 11.2 Å². The number of carbonyl (C=O) groups excluding carboxylic acids is 1. The Balaban J connectivity index is 1.89. The molecule has 1 aromatic carbocycles.